The molecule has 23 heavy (non-hydrogen) atoms. The first kappa shape index (κ1) is 16.4. The molecule has 1 aromatic carbocycles. The molecule has 0 amide bonds. The van der Waals surface area contributed by atoms with Crippen molar-refractivity contribution in [2.75, 3.05) is 0 Å². The zero-order valence-corrected chi connectivity index (χ0v) is 12.4. The average molecular weight is 334 g/mol. The number of thiophene rings is 1. The van der Waals surface area contributed by atoms with Gasteiger partial charge in [0, 0.05) is 36.6 Å². The predicted octanol–water partition coefficient (Wildman–Crippen LogP) is 3.41. The van der Waals surface area contributed by atoms with Gasteiger partial charge in [0.25, 0.3) is 5.69 Å². The summed E-state index contributed by atoms with van der Waals surface area (Å²) in [4.78, 5) is 44.0. The van der Waals surface area contributed by atoms with Crippen molar-refractivity contribution in [3.8, 4) is 0 Å². The van der Waals surface area contributed by atoms with Gasteiger partial charge in [0.1, 0.15) is 0 Å². The van der Waals surface area contributed by atoms with E-state index in [2.05, 4.69) is 0 Å². The summed E-state index contributed by atoms with van der Waals surface area (Å²) in [6.07, 6.45) is -0.143. The maximum absolute atomic E-state index is 11.9. The molecule has 0 radical (unpaired) electrons. The Morgan fingerprint density at radius 1 is 0.870 bits per heavy atom. The van der Waals surface area contributed by atoms with E-state index in [0.29, 0.717) is 0 Å². The van der Waals surface area contributed by atoms with Gasteiger partial charge in [-0.1, -0.05) is 11.3 Å². The van der Waals surface area contributed by atoms with Gasteiger partial charge in [0.2, 0.25) is 0 Å². The first-order valence-electron chi connectivity index (χ1n) is 6.43. The van der Waals surface area contributed by atoms with Gasteiger partial charge in [-0.05, 0) is 18.2 Å². The SMILES string of the molecule is O=C(CCC(=O)c1ccc([N+](=O)[O-])s1)c1ccc([N+](=O)[O-])cc1. The molecule has 0 N–H and O–H groups in total. The third-order valence-electron chi connectivity index (χ3n) is 3.03. The van der Waals surface area contributed by atoms with Crippen molar-refractivity contribution in [3.63, 3.8) is 0 Å². The van der Waals surface area contributed by atoms with Crippen LogP contribution in [0.1, 0.15) is 32.9 Å². The molecule has 0 aliphatic heterocycles. The van der Waals surface area contributed by atoms with Crippen molar-refractivity contribution >= 4 is 33.6 Å². The van der Waals surface area contributed by atoms with Crippen molar-refractivity contribution in [1.29, 1.82) is 0 Å². The summed E-state index contributed by atoms with van der Waals surface area (Å²) in [5, 5.41) is 21.0. The molecular formula is C14H10N2O6S. The number of carbonyl (C=O) groups is 2. The molecule has 1 aromatic heterocycles. The quantitative estimate of drug-likeness (QED) is 0.434. The van der Waals surface area contributed by atoms with E-state index in [1.807, 2.05) is 0 Å². The molecule has 0 fully saturated rings. The fourth-order valence-corrected chi connectivity index (χ4v) is 2.63. The second kappa shape index (κ2) is 6.88. The van der Waals surface area contributed by atoms with Gasteiger partial charge in [0.05, 0.1) is 14.7 Å². The zero-order valence-electron chi connectivity index (χ0n) is 11.6. The molecule has 8 nitrogen and oxygen atoms in total. The van der Waals surface area contributed by atoms with Gasteiger partial charge in [0.15, 0.2) is 11.6 Å². The Balaban J connectivity index is 1.96. The van der Waals surface area contributed by atoms with E-state index in [1.54, 1.807) is 0 Å². The Labute approximate surface area is 133 Å². The number of ketones is 2. The summed E-state index contributed by atoms with van der Waals surface area (Å²) in [6.45, 7) is 0. The molecule has 0 atom stereocenters. The molecule has 0 bridgehead atoms. The number of hydrogen-bond donors (Lipinski definition) is 0. The van der Waals surface area contributed by atoms with Crippen LogP contribution in [-0.4, -0.2) is 21.4 Å². The lowest BCUT2D eigenvalue weighted by Crippen LogP contribution is -2.04. The molecular weight excluding hydrogens is 324 g/mol. The maximum atomic E-state index is 11.9. The van der Waals surface area contributed by atoms with Gasteiger partial charge in [-0.15, -0.1) is 0 Å². The van der Waals surface area contributed by atoms with Crippen molar-refractivity contribution < 1.29 is 19.4 Å². The molecule has 9 heteroatoms. The van der Waals surface area contributed by atoms with Crippen LogP contribution in [0.4, 0.5) is 10.7 Å². The average Bonchev–Trinajstić information content (AvgIpc) is 3.02. The van der Waals surface area contributed by atoms with Crippen LogP contribution in [0, 0.1) is 20.2 Å². The normalized spacial score (nSPS) is 10.3. The van der Waals surface area contributed by atoms with Crippen LogP contribution in [0.3, 0.4) is 0 Å². The fourth-order valence-electron chi connectivity index (χ4n) is 1.84. The largest absolute Gasteiger partial charge is 0.324 e. The lowest BCUT2D eigenvalue weighted by Gasteiger charge is -2.00. The van der Waals surface area contributed by atoms with Gasteiger partial charge in [-0.3, -0.25) is 29.8 Å². The highest BCUT2D eigenvalue weighted by Gasteiger charge is 2.17. The Hall–Kier alpha value is -2.94. The van der Waals surface area contributed by atoms with Gasteiger partial charge in [-0.2, -0.15) is 0 Å². The second-order valence-electron chi connectivity index (χ2n) is 4.55. The van der Waals surface area contributed by atoms with E-state index in [0.717, 1.165) is 11.3 Å². The predicted molar refractivity (Wildman–Crippen MR) is 82.0 cm³/mol. The summed E-state index contributed by atoms with van der Waals surface area (Å²) in [5.74, 6) is -0.669. The molecule has 2 aromatic rings. The molecule has 0 unspecified atom stereocenters. The van der Waals surface area contributed by atoms with Crippen molar-refractivity contribution in [1.82, 2.24) is 0 Å². The smallest absolute Gasteiger partial charge is 0.294 e. The van der Waals surface area contributed by atoms with Crippen LogP contribution in [-0.2, 0) is 0 Å². The van der Waals surface area contributed by atoms with E-state index < -0.39 is 9.85 Å². The Bertz CT molecular complexity index is 781. The minimum atomic E-state index is -0.580. The minimum Gasteiger partial charge on any atom is -0.294 e. The summed E-state index contributed by atoms with van der Waals surface area (Å²) in [7, 11) is 0. The number of hydrogen-bond acceptors (Lipinski definition) is 7. The van der Waals surface area contributed by atoms with E-state index in [9.17, 15) is 29.8 Å². The molecule has 2 rings (SSSR count). The highest BCUT2D eigenvalue weighted by molar-refractivity contribution is 7.17. The maximum Gasteiger partial charge on any atom is 0.324 e. The minimum absolute atomic E-state index is 0.0671. The zero-order chi connectivity index (χ0) is 17.0. The number of nitrogens with zero attached hydrogens (tertiary/aromatic N) is 2. The number of benzene rings is 1. The topological polar surface area (TPSA) is 120 Å². The van der Waals surface area contributed by atoms with Crippen LogP contribution < -0.4 is 0 Å². The lowest BCUT2D eigenvalue weighted by atomic mass is 10.0. The number of nitro groups is 2. The van der Waals surface area contributed by atoms with E-state index >= 15 is 0 Å². The molecule has 0 aliphatic carbocycles. The van der Waals surface area contributed by atoms with Crippen LogP contribution >= 0.6 is 11.3 Å². The number of non-ortho nitro benzene ring substituents is 1. The molecule has 0 saturated carbocycles. The highest BCUT2D eigenvalue weighted by atomic mass is 32.1. The van der Waals surface area contributed by atoms with Crippen LogP contribution in [0.2, 0.25) is 0 Å². The molecule has 0 spiro atoms. The molecule has 118 valence electrons. The van der Waals surface area contributed by atoms with Crippen LogP contribution in [0.15, 0.2) is 36.4 Å². The third kappa shape index (κ3) is 4.04. The number of carbonyl (C=O) groups excluding carboxylic acids is 2. The first-order valence-corrected chi connectivity index (χ1v) is 7.25. The van der Waals surface area contributed by atoms with Gasteiger partial charge in [-0.25, -0.2) is 0 Å². The monoisotopic (exact) mass is 334 g/mol. The standard InChI is InChI=1S/C14H10N2O6S/c17-11(9-1-3-10(4-2-9)15(19)20)5-6-12(18)13-7-8-14(23-13)16(21)22/h1-4,7-8H,5-6H2. The van der Waals surface area contributed by atoms with Crippen molar-refractivity contribution in [3.05, 3.63) is 67.1 Å². The third-order valence-corrected chi connectivity index (χ3v) is 4.10. The molecule has 0 aliphatic rings. The van der Waals surface area contributed by atoms with Crippen LogP contribution in [0.5, 0.6) is 0 Å². The first-order chi connectivity index (χ1) is 10.9. The summed E-state index contributed by atoms with van der Waals surface area (Å²) in [5.41, 5.74) is 0.157. The fraction of sp³-hybridized carbons (Fsp3) is 0.143. The Morgan fingerprint density at radius 3 is 2.00 bits per heavy atom. The van der Waals surface area contributed by atoms with E-state index in [4.69, 9.17) is 0 Å². The lowest BCUT2D eigenvalue weighted by molar-refractivity contribution is -0.384. The van der Waals surface area contributed by atoms with E-state index in [-0.39, 0.29) is 45.5 Å². The summed E-state index contributed by atoms with van der Waals surface area (Å²) in [6, 6.07) is 7.72. The second-order valence-corrected chi connectivity index (χ2v) is 5.61. The highest BCUT2D eigenvalue weighted by Crippen LogP contribution is 2.25. The number of Topliss-reactive ketones (excluding diaryl/α,β-unsaturated/α-hetero) is 2. The number of nitro benzene ring substituents is 1. The number of rotatable bonds is 7. The Morgan fingerprint density at radius 2 is 1.48 bits per heavy atom. The van der Waals surface area contributed by atoms with Gasteiger partial charge >= 0.3 is 5.00 Å². The molecule has 1 heterocycles. The van der Waals surface area contributed by atoms with E-state index in [1.165, 1.54) is 36.4 Å². The Kier molecular flexibility index (Phi) is 4.91. The van der Waals surface area contributed by atoms with Crippen LogP contribution in [0.25, 0.3) is 0 Å². The van der Waals surface area contributed by atoms with Crippen molar-refractivity contribution in [2.45, 2.75) is 12.8 Å². The summed E-state index contributed by atoms with van der Waals surface area (Å²) >= 11 is 0.767. The summed E-state index contributed by atoms with van der Waals surface area (Å²) < 4.78 is 0. The van der Waals surface area contributed by atoms with Crippen molar-refractivity contribution in [2.24, 2.45) is 0 Å². The van der Waals surface area contributed by atoms with Gasteiger partial charge < -0.3 is 0 Å². The molecule has 0 saturated heterocycles.